The van der Waals surface area contributed by atoms with Crippen molar-refractivity contribution in [3.05, 3.63) is 113 Å². The van der Waals surface area contributed by atoms with E-state index in [0.717, 1.165) is 50.5 Å². The van der Waals surface area contributed by atoms with E-state index in [2.05, 4.69) is 34.9 Å². The molecule has 422 valence electrons. The molecule has 2 amide bonds. The molecule has 0 aliphatic heterocycles. The molecule has 4 aromatic carbocycles. The van der Waals surface area contributed by atoms with E-state index in [1.165, 1.54) is 139 Å². The summed E-state index contributed by atoms with van der Waals surface area (Å²) in [6.07, 6.45) is 28.6. The van der Waals surface area contributed by atoms with E-state index in [4.69, 9.17) is 25.5 Å². The van der Waals surface area contributed by atoms with Gasteiger partial charge in [0.15, 0.2) is 11.4 Å². The van der Waals surface area contributed by atoms with Gasteiger partial charge in [-0.25, -0.2) is 22.9 Å². The number of halogens is 1. The first-order valence-corrected chi connectivity index (χ1v) is 30.6. The number of nitriles is 1. The van der Waals surface area contributed by atoms with Crippen molar-refractivity contribution in [2.24, 2.45) is 5.92 Å². The molecule has 0 radical (unpaired) electrons. The number of aromatic nitrogens is 1. The Labute approximate surface area is 470 Å². The lowest BCUT2D eigenvalue weighted by molar-refractivity contribution is -0.119. The highest BCUT2D eigenvalue weighted by atomic mass is 35.5. The number of ketones is 1. The zero-order valence-corrected chi connectivity index (χ0v) is 48.3. The molecule has 0 bridgehead atoms. The lowest BCUT2D eigenvalue weighted by Gasteiger charge is -2.24. The van der Waals surface area contributed by atoms with Crippen LogP contribution in [0.1, 0.15) is 195 Å². The monoisotopic (exact) mass is 1110 g/mol. The lowest BCUT2D eigenvalue weighted by Crippen LogP contribution is -2.38. The van der Waals surface area contributed by atoms with Crippen molar-refractivity contribution in [2.75, 3.05) is 37.0 Å². The van der Waals surface area contributed by atoms with Crippen molar-refractivity contribution in [1.82, 2.24) is 9.71 Å². The number of nitrogens with zero attached hydrogens (tertiary/aromatic N) is 3. The summed E-state index contributed by atoms with van der Waals surface area (Å²) in [6.45, 7) is 6.24. The SMILES string of the molecule is CCCCCCCCCCCCCCCCNS(=O)(=O)c1ccc(Cl)c(NC(=O)C(COC(=O)N(CCCCCCCCCCCC)c2ccc(/C=C(\C#N)c3nc4ccccc4o3)c(C)c2)C(=O)c2ccc(OC)cc2)c1. The number of rotatable bonds is 38. The Morgan fingerprint density at radius 3 is 1.88 bits per heavy atom. The number of oxazole rings is 1. The van der Waals surface area contributed by atoms with Crippen LogP contribution in [0.2, 0.25) is 5.02 Å². The summed E-state index contributed by atoms with van der Waals surface area (Å²) < 4.78 is 46.8. The number of ether oxygens (including phenoxy) is 2. The average Bonchev–Trinajstić information content (AvgIpc) is 3.88. The Hall–Kier alpha value is -6.01. The summed E-state index contributed by atoms with van der Waals surface area (Å²) in [5, 5.41) is 12.9. The van der Waals surface area contributed by atoms with Crippen LogP contribution in [0.3, 0.4) is 0 Å². The molecule has 13 nitrogen and oxygen atoms in total. The van der Waals surface area contributed by atoms with Crippen LogP contribution in [-0.2, 0) is 19.6 Å². The number of aryl methyl sites for hydroxylation is 1. The van der Waals surface area contributed by atoms with E-state index in [0.29, 0.717) is 47.5 Å². The number of benzene rings is 4. The van der Waals surface area contributed by atoms with Crippen molar-refractivity contribution in [1.29, 1.82) is 5.26 Å². The van der Waals surface area contributed by atoms with Gasteiger partial charge in [-0.2, -0.15) is 5.26 Å². The minimum Gasteiger partial charge on any atom is -0.497 e. The molecule has 5 rings (SSSR count). The van der Waals surface area contributed by atoms with E-state index in [9.17, 15) is 28.1 Å². The Bertz CT molecular complexity index is 2790. The standard InChI is InChI=1S/C63H84ClN5O8S/c1-5-7-9-11-13-15-17-18-19-20-21-23-25-29-41-66-78(73,74)54-39-40-56(64)58(45-54)67-61(71)55(60(70)49-34-37-53(75-4)38-35-49)47-76-63(72)69(42-30-26-24-22-16-14-12-10-8-6-2)52-36-33-50(48(3)43-52)44-51(46-65)62-68-57-31-27-28-32-59(57)77-62/h27-28,31-40,43-45,55,66H,5-26,29-30,41-42,47H2,1-4H3,(H,67,71)/b51-44+. The Balaban J connectivity index is 1.26. The molecule has 1 heterocycles. The van der Waals surface area contributed by atoms with Gasteiger partial charge in [0.25, 0.3) is 0 Å². The number of carbonyl (C=O) groups is 3. The molecule has 2 N–H and O–H groups in total. The van der Waals surface area contributed by atoms with Gasteiger partial charge in [-0.05, 0) is 104 Å². The van der Waals surface area contributed by atoms with Gasteiger partial charge in [0.1, 0.15) is 35.4 Å². The number of carbonyl (C=O) groups excluding carboxylic acids is 3. The first-order valence-electron chi connectivity index (χ1n) is 28.7. The summed E-state index contributed by atoms with van der Waals surface area (Å²) in [7, 11) is -2.49. The number of nitrogens with one attached hydrogen (secondary N) is 2. The number of allylic oxidation sites excluding steroid dienone is 1. The van der Waals surface area contributed by atoms with Crippen LogP contribution in [0.4, 0.5) is 16.2 Å². The van der Waals surface area contributed by atoms with E-state index < -0.39 is 40.3 Å². The molecule has 0 saturated heterocycles. The highest BCUT2D eigenvalue weighted by molar-refractivity contribution is 7.89. The van der Waals surface area contributed by atoms with Gasteiger partial charge >= 0.3 is 6.09 Å². The van der Waals surface area contributed by atoms with Gasteiger partial charge in [-0.3, -0.25) is 14.5 Å². The van der Waals surface area contributed by atoms with E-state index in [-0.39, 0.29) is 39.2 Å². The third-order valence-corrected chi connectivity index (χ3v) is 16.0. The second kappa shape index (κ2) is 34.8. The number of para-hydroxylation sites is 2. The first-order chi connectivity index (χ1) is 37.9. The molecule has 1 atom stereocenters. The molecule has 0 spiro atoms. The molecular weight excluding hydrogens is 1020 g/mol. The number of fused-ring (bicyclic) bond motifs is 1. The molecule has 5 aromatic rings. The third kappa shape index (κ3) is 21.0. The van der Waals surface area contributed by atoms with Gasteiger partial charge in [0.2, 0.25) is 21.8 Å². The summed E-state index contributed by atoms with van der Waals surface area (Å²) in [5.74, 6) is -2.37. The minimum atomic E-state index is -3.99. The second-order valence-electron chi connectivity index (χ2n) is 20.4. The molecule has 15 heteroatoms. The number of Topliss-reactive ketones (excluding diaryl/α,β-unsaturated/α-hetero) is 1. The Morgan fingerprint density at radius 2 is 1.32 bits per heavy atom. The molecule has 0 aliphatic rings. The number of unbranched alkanes of at least 4 members (excludes halogenated alkanes) is 22. The maximum atomic E-state index is 14.4. The minimum absolute atomic E-state index is 0.0252. The largest absolute Gasteiger partial charge is 0.497 e. The van der Waals surface area contributed by atoms with E-state index in [1.54, 1.807) is 36.4 Å². The van der Waals surface area contributed by atoms with Crippen LogP contribution in [0.15, 0.2) is 94.2 Å². The Morgan fingerprint density at radius 1 is 0.744 bits per heavy atom. The highest BCUT2D eigenvalue weighted by Crippen LogP contribution is 2.29. The number of sulfonamides is 1. The second-order valence-corrected chi connectivity index (χ2v) is 22.6. The summed E-state index contributed by atoms with van der Waals surface area (Å²) in [5.41, 5.74) is 3.56. The third-order valence-electron chi connectivity index (χ3n) is 14.2. The molecule has 0 saturated carbocycles. The zero-order chi connectivity index (χ0) is 56.0. The number of amides is 2. The van der Waals surface area contributed by atoms with Crippen molar-refractivity contribution in [3.63, 3.8) is 0 Å². The fraction of sp³-hybridized carbons (Fsp3) is 0.508. The van der Waals surface area contributed by atoms with E-state index >= 15 is 0 Å². The zero-order valence-electron chi connectivity index (χ0n) is 46.7. The summed E-state index contributed by atoms with van der Waals surface area (Å²) >= 11 is 6.58. The van der Waals surface area contributed by atoms with Crippen molar-refractivity contribution >= 4 is 73.5 Å². The molecule has 0 aliphatic carbocycles. The molecule has 78 heavy (non-hydrogen) atoms. The maximum absolute atomic E-state index is 14.4. The van der Waals surface area contributed by atoms with Crippen molar-refractivity contribution in [3.8, 4) is 11.8 Å². The quantitative estimate of drug-likeness (QED) is 0.0167. The topological polar surface area (TPSA) is 181 Å². The molecule has 1 aromatic heterocycles. The van der Waals surface area contributed by atoms with Gasteiger partial charge in [0.05, 0.1) is 22.7 Å². The van der Waals surface area contributed by atoms with Crippen molar-refractivity contribution in [2.45, 2.75) is 180 Å². The first kappa shape index (κ1) is 62.8. The molecular formula is C63H84ClN5O8S. The number of methoxy groups -OCH3 is 1. The van der Waals surface area contributed by atoms with Crippen LogP contribution >= 0.6 is 11.6 Å². The van der Waals surface area contributed by atoms with Gasteiger partial charge in [-0.1, -0.05) is 185 Å². The normalized spacial score (nSPS) is 12.1. The number of hydrogen-bond donors (Lipinski definition) is 2. The molecule has 1 unspecified atom stereocenters. The lowest BCUT2D eigenvalue weighted by atomic mass is 9.97. The van der Waals surface area contributed by atoms with Gasteiger partial charge < -0.3 is 19.2 Å². The van der Waals surface area contributed by atoms with Crippen LogP contribution < -0.4 is 19.7 Å². The van der Waals surface area contributed by atoms with Gasteiger partial charge in [0, 0.05) is 24.3 Å². The van der Waals surface area contributed by atoms with E-state index in [1.807, 2.05) is 31.2 Å². The summed E-state index contributed by atoms with van der Waals surface area (Å²) in [4.78, 5) is 48.9. The fourth-order valence-corrected chi connectivity index (χ4v) is 10.7. The van der Waals surface area contributed by atoms with Crippen LogP contribution in [0.5, 0.6) is 5.75 Å². The van der Waals surface area contributed by atoms with Crippen molar-refractivity contribution < 1.29 is 36.7 Å². The Kier molecular flexibility index (Phi) is 28.0. The smallest absolute Gasteiger partial charge is 0.414 e. The average molecular weight is 1110 g/mol. The predicted octanol–water partition coefficient (Wildman–Crippen LogP) is 16.6. The molecule has 0 fully saturated rings. The van der Waals surface area contributed by atoms with Crippen LogP contribution in [0.25, 0.3) is 22.7 Å². The predicted molar refractivity (Wildman–Crippen MR) is 316 cm³/mol. The van der Waals surface area contributed by atoms with Gasteiger partial charge in [-0.15, -0.1) is 0 Å². The van der Waals surface area contributed by atoms with Crippen LogP contribution in [0, 0.1) is 24.2 Å². The number of anilines is 2. The highest BCUT2D eigenvalue weighted by Gasteiger charge is 2.32. The summed E-state index contributed by atoms with van der Waals surface area (Å²) in [6, 6.07) is 25.1. The number of hydrogen-bond acceptors (Lipinski definition) is 10. The fourth-order valence-electron chi connectivity index (χ4n) is 9.41. The maximum Gasteiger partial charge on any atom is 0.414 e. The van der Waals surface area contributed by atoms with Crippen LogP contribution in [-0.4, -0.2) is 58.0 Å².